The number of carbonyl (C=O) groups excluding carboxylic acids is 3. The number of allylic oxidation sites excluding steroid dienone is 28. The molecule has 0 amide bonds. The number of hydrogen-bond acceptors (Lipinski definition) is 6. The maximum Gasteiger partial charge on any atom is 0.306 e. The molecule has 0 aromatic carbocycles. The fourth-order valence-corrected chi connectivity index (χ4v) is 6.63. The minimum atomic E-state index is -0.858. The first-order valence-corrected chi connectivity index (χ1v) is 27.6. The molecule has 71 heavy (non-hydrogen) atoms. The predicted octanol–water partition coefficient (Wildman–Crippen LogP) is 18.8. The van der Waals surface area contributed by atoms with Crippen LogP contribution >= 0.6 is 0 Å². The van der Waals surface area contributed by atoms with Crippen LogP contribution in [-0.2, 0) is 28.6 Å². The van der Waals surface area contributed by atoms with Gasteiger partial charge in [0.15, 0.2) is 6.10 Å². The van der Waals surface area contributed by atoms with Crippen molar-refractivity contribution in [3.63, 3.8) is 0 Å². The number of rotatable bonds is 47. The van der Waals surface area contributed by atoms with E-state index in [0.717, 1.165) is 122 Å². The molecule has 0 saturated carbocycles. The molecule has 1 atom stereocenters. The van der Waals surface area contributed by atoms with E-state index >= 15 is 0 Å². The Balaban J connectivity index is 4.67. The normalized spacial score (nSPS) is 13.5. The van der Waals surface area contributed by atoms with Crippen LogP contribution in [0.4, 0.5) is 0 Å². The van der Waals surface area contributed by atoms with E-state index in [2.05, 4.69) is 179 Å². The molecule has 0 aliphatic carbocycles. The first-order chi connectivity index (χ1) is 35.0. The van der Waals surface area contributed by atoms with Gasteiger partial charge < -0.3 is 14.2 Å². The molecular weight excluding hydrogens is 877 g/mol. The summed E-state index contributed by atoms with van der Waals surface area (Å²) in [6.45, 7) is 6.22. The van der Waals surface area contributed by atoms with Gasteiger partial charge in [0.1, 0.15) is 13.2 Å². The number of ether oxygens (including phenoxy) is 3. The molecule has 0 rings (SSSR count). The van der Waals surface area contributed by atoms with Crippen molar-refractivity contribution in [2.24, 2.45) is 0 Å². The van der Waals surface area contributed by atoms with Crippen LogP contribution in [-0.4, -0.2) is 37.2 Å². The van der Waals surface area contributed by atoms with Gasteiger partial charge in [-0.05, 0) is 135 Å². The van der Waals surface area contributed by atoms with Crippen molar-refractivity contribution in [3.8, 4) is 0 Å². The van der Waals surface area contributed by atoms with Gasteiger partial charge in [-0.2, -0.15) is 0 Å². The molecule has 0 N–H and O–H groups in total. The largest absolute Gasteiger partial charge is 0.462 e. The highest BCUT2D eigenvalue weighted by Gasteiger charge is 2.19. The zero-order chi connectivity index (χ0) is 51.4. The molecule has 0 spiro atoms. The number of carbonyl (C=O) groups is 3. The van der Waals surface area contributed by atoms with Crippen LogP contribution < -0.4 is 0 Å². The van der Waals surface area contributed by atoms with E-state index in [1.54, 1.807) is 0 Å². The van der Waals surface area contributed by atoms with Crippen molar-refractivity contribution in [3.05, 3.63) is 170 Å². The molecule has 0 aliphatic rings. The fourth-order valence-electron chi connectivity index (χ4n) is 6.63. The van der Waals surface area contributed by atoms with Crippen molar-refractivity contribution >= 4 is 17.9 Å². The summed E-state index contributed by atoms with van der Waals surface area (Å²) in [5.74, 6) is -1.12. The van der Waals surface area contributed by atoms with E-state index in [-0.39, 0.29) is 38.0 Å². The molecule has 0 radical (unpaired) electrons. The van der Waals surface area contributed by atoms with E-state index in [0.29, 0.717) is 19.3 Å². The number of unbranched alkanes of at least 4 members (excludes halogenated alkanes) is 8. The third-order valence-corrected chi connectivity index (χ3v) is 10.7. The lowest BCUT2D eigenvalue weighted by molar-refractivity contribution is -0.166. The van der Waals surface area contributed by atoms with Crippen molar-refractivity contribution in [2.75, 3.05) is 13.2 Å². The lowest BCUT2D eigenvalue weighted by Gasteiger charge is -2.18. The van der Waals surface area contributed by atoms with Gasteiger partial charge >= 0.3 is 17.9 Å². The summed E-state index contributed by atoms with van der Waals surface area (Å²) in [6.07, 6.45) is 85.0. The van der Waals surface area contributed by atoms with Crippen LogP contribution in [0.3, 0.4) is 0 Å². The Labute approximate surface area is 434 Å². The summed E-state index contributed by atoms with van der Waals surface area (Å²) < 4.78 is 16.7. The molecule has 0 aliphatic heterocycles. The third kappa shape index (κ3) is 55.6. The van der Waals surface area contributed by atoms with E-state index in [1.165, 1.54) is 25.7 Å². The zero-order valence-corrected chi connectivity index (χ0v) is 44.9. The Morgan fingerprint density at radius 2 is 0.592 bits per heavy atom. The van der Waals surface area contributed by atoms with E-state index < -0.39 is 12.1 Å². The van der Waals surface area contributed by atoms with Crippen molar-refractivity contribution in [1.82, 2.24) is 0 Å². The van der Waals surface area contributed by atoms with Crippen LogP contribution in [0.25, 0.3) is 0 Å². The lowest BCUT2D eigenvalue weighted by atomic mass is 10.1. The second-order valence-electron chi connectivity index (χ2n) is 17.4. The Bertz CT molecular complexity index is 1690. The highest BCUT2D eigenvalue weighted by atomic mass is 16.6. The zero-order valence-electron chi connectivity index (χ0n) is 44.9. The Morgan fingerprint density at radius 1 is 0.296 bits per heavy atom. The van der Waals surface area contributed by atoms with Crippen LogP contribution in [0.2, 0.25) is 0 Å². The summed E-state index contributed by atoms with van der Waals surface area (Å²) in [6, 6.07) is 0. The van der Waals surface area contributed by atoms with Crippen molar-refractivity contribution < 1.29 is 28.6 Å². The van der Waals surface area contributed by atoms with E-state index in [1.807, 2.05) is 12.2 Å². The maximum absolute atomic E-state index is 12.8. The quantitative estimate of drug-likeness (QED) is 0.0262. The van der Waals surface area contributed by atoms with Gasteiger partial charge in [-0.25, -0.2) is 0 Å². The average Bonchev–Trinajstić information content (AvgIpc) is 3.37. The van der Waals surface area contributed by atoms with E-state index in [9.17, 15) is 14.4 Å². The maximum atomic E-state index is 12.8. The SMILES string of the molecule is CC/C=C\C/C=C\C/C=C\C/C=C\C/C=C\C/C=C\CCC(=O)OC[C@H](COC(=O)CCCCCC/C=C\C/C=C\C/C=C\C/C=C\CC)OC(=O)CCC/C=C\C/C=C\C/C=C\C/C=C\CCCCC. The molecule has 6 nitrogen and oxygen atoms in total. The molecule has 0 aromatic rings. The monoisotopic (exact) mass is 975 g/mol. The summed E-state index contributed by atoms with van der Waals surface area (Å²) >= 11 is 0. The second kappa shape index (κ2) is 57.3. The van der Waals surface area contributed by atoms with Gasteiger partial charge in [-0.15, -0.1) is 0 Å². The Morgan fingerprint density at radius 3 is 0.972 bits per heavy atom. The van der Waals surface area contributed by atoms with Gasteiger partial charge in [-0.3, -0.25) is 14.4 Å². The highest BCUT2D eigenvalue weighted by molar-refractivity contribution is 5.71. The standard InChI is InChI=1S/C65H98O6/c1-4-7-10-13-16-19-22-25-28-31-32-35-37-40-43-46-49-52-55-58-64(67)70-61-62(71-65(68)59-56-53-50-47-44-41-38-34-30-27-24-21-18-15-12-9-6-3)60-69-63(66)57-54-51-48-45-42-39-36-33-29-26-23-20-17-14-11-8-5-2/h7-8,10-11,16-21,25-30,32,35-36,38-41,43,47,49-50,52,62H,4-6,9,12-15,22-24,31,33-34,37,42,44-46,48,51,53-61H2,1-3H3/b10-7-,11-8-,19-16-,20-17-,21-18-,28-25-,29-26-,30-27-,35-32-,39-36-,41-38-,43-40-,50-47-,52-49-/t62-/m0/s1. The summed E-state index contributed by atoms with van der Waals surface area (Å²) in [4.78, 5) is 38.1. The van der Waals surface area contributed by atoms with Crippen LogP contribution in [0.5, 0.6) is 0 Å². The number of hydrogen-bond donors (Lipinski definition) is 0. The van der Waals surface area contributed by atoms with Gasteiger partial charge in [0.25, 0.3) is 0 Å². The van der Waals surface area contributed by atoms with Crippen LogP contribution in [0.15, 0.2) is 170 Å². The Hall–Kier alpha value is -5.23. The minimum Gasteiger partial charge on any atom is -0.462 e. The smallest absolute Gasteiger partial charge is 0.306 e. The molecule has 0 heterocycles. The molecule has 0 bridgehead atoms. The molecule has 394 valence electrons. The summed E-state index contributed by atoms with van der Waals surface area (Å²) in [7, 11) is 0. The summed E-state index contributed by atoms with van der Waals surface area (Å²) in [5.41, 5.74) is 0. The molecule has 0 unspecified atom stereocenters. The first-order valence-electron chi connectivity index (χ1n) is 27.6. The molecular formula is C65H98O6. The third-order valence-electron chi connectivity index (χ3n) is 10.7. The summed E-state index contributed by atoms with van der Waals surface area (Å²) in [5, 5.41) is 0. The predicted molar refractivity (Wildman–Crippen MR) is 306 cm³/mol. The van der Waals surface area contributed by atoms with Crippen molar-refractivity contribution in [2.45, 2.75) is 207 Å². The fraction of sp³-hybridized carbons (Fsp3) is 0.523. The van der Waals surface area contributed by atoms with E-state index in [4.69, 9.17) is 14.2 Å². The van der Waals surface area contributed by atoms with Crippen LogP contribution in [0, 0.1) is 0 Å². The minimum absolute atomic E-state index is 0.145. The first kappa shape index (κ1) is 65.8. The van der Waals surface area contributed by atoms with Gasteiger partial charge in [-0.1, -0.05) is 217 Å². The average molecular weight is 975 g/mol. The van der Waals surface area contributed by atoms with Gasteiger partial charge in [0.2, 0.25) is 0 Å². The van der Waals surface area contributed by atoms with Crippen molar-refractivity contribution in [1.29, 1.82) is 0 Å². The van der Waals surface area contributed by atoms with Crippen LogP contribution in [0.1, 0.15) is 201 Å². The number of esters is 3. The second-order valence-corrected chi connectivity index (χ2v) is 17.4. The molecule has 0 fully saturated rings. The molecule has 6 heteroatoms. The topological polar surface area (TPSA) is 78.9 Å². The molecule has 0 aromatic heterocycles. The highest BCUT2D eigenvalue weighted by Crippen LogP contribution is 2.10. The Kier molecular flexibility index (Phi) is 53.1. The lowest BCUT2D eigenvalue weighted by Crippen LogP contribution is -2.30. The van der Waals surface area contributed by atoms with Gasteiger partial charge in [0.05, 0.1) is 0 Å². The van der Waals surface area contributed by atoms with Gasteiger partial charge in [0, 0.05) is 19.3 Å². The molecule has 0 saturated heterocycles.